The molecular weight excluding hydrogens is 268 g/mol. The Balaban J connectivity index is 2.08. The monoisotopic (exact) mass is 294 g/mol. The standard InChI is InChI=1S/C16H26N2O3/c1-20-15-7-3-5-13(16(15)21-2)11-18(9-10-19)12-14-6-4-8-17-14/h3,5,7,14,17,19H,4,6,8-12H2,1-2H3. The van der Waals surface area contributed by atoms with E-state index in [0.717, 1.165) is 36.7 Å². The Morgan fingerprint density at radius 3 is 2.81 bits per heavy atom. The summed E-state index contributed by atoms with van der Waals surface area (Å²) >= 11 is 0. The molecule has 1 heterocycles. The molecule has 21 heavy (non-hydrogen) atoms. The van der Waals surface area contributed by atoms with Crippen LogP contribution in [-0.2, 0) is 6.54 Å². The second-order valence-electron chi connectivity index (χ2n) is 5.40. The third-order valence-electron chi connectivity index (χ3n) is 3.94. The van der Waals surface area contributed by atoms with Gasteiger partial charge in [0.05, 0.1) is 20.8 Å². The van der Waals surface area contributed by atoms with Gasteiger partial charge in [-0.1, -0.05) is 12.1 Å². The summed E-state index contributed by atoms with van der Waals surface area (Å²) < 4.78 is 10.8. The maximum atomic E-state index is 9.30. The summed E-state index contributed by atoms with van der Waals surface area (Å²) in [5.41, 5.74) is 1.09. The average Bonchev–Trinajstić information content (AvgIpc) is 3.00. The molecule has 5 nitrogen and oxygen atoms in total. The fraction of sp³-hybridized carbons (Fsp3) is 0.625. The van der Waals surface area contributed by atoms with Gasteiger partial charge in [0.25, 0.3) is 0 Å². The van der Waals surface area contributed by atoms with Gasteiger partial charge in [0.15, 0.2) is 11.5 Å². The first-order valence-corrected chi connectivity index (χ1v) is 7.55. The highest BCUT2D eigenvalue weighted by Crippen LogP contribution is 2.31. The van der Waals surface area contributed by atoms with E-state index in [9.17, 15) is 5.11 Å². The van der Waals surface area contributed by atoms with E-state index in [1.54, 1.807) is 14.2 Å². The zero-order valence-corrected chi connectivity index (χ0v) is 13.0. The lowest BCUT2D eigenvalue weighted by molar-refractivity contribution is 0.177. The molecule has 1 fully saturated rings. The summed E-state index contributed by atoms with van der Waals surface area (Å²) in [5, 5.41) is 12.8. The van der Waals surface area contributed by atoms with Crippen molar-refractivity contribution in [2.45, 2.75) is 25.4 Å². The smallest absolute Gasteiger partial charge is 0.165 e. The van der Waals surface area contributed by atoms with Crippen LogP contribution in [0.4, 0.5) is 0 Å². The van der Waals surface area contributed by atoms with Crippen molar-refractivity contribution in [3.05, 3.63) is 23.8 Å². The highest BCUT2D eigenvalue weighted by atomic mass is 16.5. The van der Waals surface area contributed by atoms with Gasteiger partial charge in [-0.2, -0.15) is 0 Å². The van der Waals surface area contributed by atoms with Crippen molar-refractivity contribution >= 4 is 0 Å². The molecule has 0 amide bonds. The van der Waals surface area contributed by atoms with Crippen LogP contribution in [0.3, 0.4) is 0 Å². The maximum Gasteiger partial charge on any atom is 0.165 e. The second kappa shape index (κ2) is 8.22. The Hall–Kier alpha value is -1.30. The molecule has 0 spiro atoms. The molecule has 0 radical (unpaired) electrons. The zero-order valence-electron chi connectivity index (χ0n) is 13.0. The lowest BCUT2D eigenvalue weighted by Gasteiger charge is -2.26. The van der Waals surface area contributed by atoms with E-state index in [1.165, 1.54) is 12.8 Å². The summed E-state index contributed by atoms with van der Waals surface area (Å²) in [6, 6.07) is 6.44. The van der Waals surface area contributed by atoms with Crippen LogP contribution in [0, 0.1) is 0 Å². The quantitative estimate of drug-likeness (QED) is 0.756. The third-order valence-corrected chi connectivity index (χ3v) is 3.94. The van der Waals surface area contributed by atoms with E-state index >= 15 is 0 Å². The first kappa shape index (κ1) is 16.1. The number of methoxy groups -OCH3 is 2. The number of nitrogens with zero attached hydrogens (tertiary/aromatic N) is 1. The fourth-order valence-electron chi connectivity index (χ4n) is 2.92. The Morgan fingerprint density at radius 2 is 2.19 bits per heavy atom. The molecule has 1 unspecified atom stereocenters. The van der Waals surface area contributed by atoms with Crippen molar-refractivity contribution in [2.75, 3.05) is 40.5 Å². The van der Waals surface area contributed by atoms with Crippen LogP contribution in [0.5, 0.6) is 11.5 Å². The predicted octanol–water partition coefficient (Wildman–Crippen LogP) is 1.25. The minimum Gasteiger partial charge on any atom is -0.493 e. The lowest BCUT2D eigenvalue weighted by atomic mass is 10.1. The topological polar surface area (TPSA) is 54.0 Å². The van der Waals surface area contributed by atoms with Crippen LogP contribution in [0.15, 0.2) is 18.2 Å². The largest absolute Gasteiger partial charge is 0.493 e. The molecule has 1 atom stereocenters. The number of rotatable bonds is 8. The first-order valence-electron chi connectivity index (χ1n) is 7.55. The predicted molar refractivity (Wildman–Crippen MR) is 82.9 cm³/mol. The average molecular weight is 294 g/mol. The molecule has 2 rings (SSSR count). The lowest BCUT2D eigenvalue weighted by Crippen LogP contribution is -2.38. The van der Waals surface area contributed by atoms with E-state index < -0.39 is 0 Å². The van der Waals surface area contributed by atoms with Crippen LogP contribution in [0.25, 0.3) is 0 Å². The van der Waals surface area contributed by atoms with E-state index in [1.807, 2.05) is 18.2 Å². The van der Waals surface area contributed by atoms with Crippen LogP contribution in [0.2, 0.25) is 0 Å². The van der Waals surface area contributed by atoms with Gasteiger partial charge in [0, 0.05) is 31.2 Å². The van der Waals surface area contributed by atoms with Crippen molar-refractivity contribution < 1.29 is 14.6 Å². The van der Waals surface area contributed by atoms with Gasteiger partial charge in [0.1, 0.15) is 0 Å². The molecule has 0 saturated carbocycles. The number of nitrogens with one attached hydrogen (secondary N) is 1. The van der Waals surface area contributed by atoms with Crippen LogP contribution < -0.4 is 14.8 Å². The molecule has 0 aliphatic carbocycles. The summed E-state index contributed by atoms with van der Waals surface area (Å²) in [6.45, 7) is 3.62. The van der Waals surface area contributed by atoms with Crippen molar-refractivity contribution in [1.29, 1.82) is 0 Å². The highest BCUT2D eigenvalue weighted by molar-refractivity contribution is 5.46. The number of aliphatic hydroxyl groups excluding tert-OH is 1. The van der Waals surface area contributed by atoms with E-state index in [-0.39, 0.29) is 6.61 Å². The van der Waals surface area contributed by atoms with Crippen LogP contribution in [-0.4, -0.2) is 56.5 Å². The number of para-hydroxylation sites is 1. The van der Waals surface area contributed by atoms with Crippen molar-refractivity contribution in [2.24, 2.45) is 0 Å². The minimum atomic E-state index is 0.166. The Morgan fingerprint density at radius 1 is 1.33 bits per heavy atom. The molecule has 1 saturated heterocycles. The number of ether oxygens (including phenoxy) is 2. The van der Waals surface area contributed by atoms with E-state index in [0.29, 0.717) is 12.6 Å². The first-order chi connectivity index (χ1) is 10.3. The molecule has 1 aromatic rings. The van der Waals surface area contributed by atoms with E-state index in [2.05, 4.69) is 10.2 Å². The SMILES string of the molecule is COc1cccc(CN(CCO)CC2CCCN2)c1OC. The molecule has 0 bridgehead atoms. The van der Waals surface area contributed by atoms with Gasteiger partial charge in [0.2, 0.25) is 0 Å². The Labute approximate surface area is 126 Å². The Bertz CT molecular complexity index is 434. The van der Waals surface area contributed by atoms with Crippen LogP contribution >= 0.6 is 0 Å². The van der Waals surface area contributed by atoms with Crippen molar-refractivity contribution in [3.8, 4) is 11.5 Å². The molecule has 0 aromatic heterocycles. The van der Waals surface area contributed by atoms with Crippen molar-refractivity contribution in [1.82, 2.24) is 10.2 Å². The Kier molecular flexibility index (Phi) is 6.29. The summed E-state index contributed by atoms with van der Waals surface area (Å²) in [7, 11) is 3.31. The molecule has 1 aliphatic heterocycles. The molecule has 118 valence electrons. The van der Waals surface area contributed by atoms with Gasteiger partial charge in [-0.05, 0) is 25.5 Å². The highest BCUT2D eigenvalue weighted by Gasteiger charge is 2.19. The van der Waals surface area contributed by atoms with Gasteiger partial charge in [-0.25, -0.2) is 0 Å². The minimum absolute atomic E-state index is 0.166. The molecule has 1 aromatic carbocycles. The van der Waals surface area contributed by atoms with E-state index in [4.69, 9.17) is 9.47 Å². The van der Waals surface area contributed by atoms with Gasteiger partial charge in [-0.3, -0.25) is 4.90 Å². The van der Waals surface area contributed by atoms with Gasteiger partial charge >= 0.3 is 0 Å². The van der Waals surface area contributed by atoms with Crippen molar-refractivity contribution in [3.63, 3.8) is 0 Å². The number of hydrogen-bond acceptors (Lipinski definition) is 5. The second-order valence-corrected chi connectivity index (χ2v) is 5.40. The number of aliphatic hydroxyl groups is 1. The summed E-state index contributed by atoms with van der Waals surface area (Å²) in [4.78, 5) is 2.26. The summed E-state index contributed by atoms with van der Waals surface area (Å²) in [6.07, 6.45) is 2.44. The molecule has 5 heteroatoms. The molecule has 2 N–H and O–H groups in total. The maximum absolute atomic E-state index is 9.30. The number of hydrogen-bond donors (Lipinski definition) is 2. The van der Waals surface area contributed by atoms with Gasteiger partial charge < -0.3 is 19.9 Å². The fourth-order valence-corrected chi connectivity index (χ4v) is 2.92. The summed E-state index contributed by atoms with van der Waals surface area (Å²) in [5.74, 6) is 1.53. The van der Waals surface area contributed by atoms with Crippen LogP contribution in [0.1, 0.15) is 18.4 Å². The zero-order chi connectivity index (χ0) is 15.1. The number of benzene rings is 1. The third kappa shape index (κ3) is 4.33. The normalized spacial score (nSPS) is 18.2. The molecular formula is C16H26N2O3. The molecule has 1 aliphatic rings. The van der Waals surface area contributed by atoms with Gasteiger partial charge in [-0.15, -0.1) is 0 Å².